The number of aryl methyl sites for hydroxylation is 1. The Morgan fingerprint density at radius 3 is 2.48 bits per heavy atom. The van der Waals surface area contributed by atoms with Crippen molar-refractivity contribution in [3.05, 3.63) is 71.9 Å². The van der Waals surface area contributed by atoms with E-state index in [9.17, 15) is 4.79 Å². The van der Waals surface area contributed by atoms with Crippen molar-refractivity contribution >= 4 is 17.4 Å². The SMILES string of the molecule is Cc1cccc(-c2ncc(C(=O)NCCN(C)C)c(N(C)c3ccccc3)n2)c1. The van der Waals surface area contributed by atoms with Crippen LogP contribution in [-0.4, -0.2) is 55.0 Å². The average molecular weight is 390 g/mol. The van der Waals surface area contributed by atoms with E-state index in [1.807, 2.05) is 92.5 Å². The first kappa shape index (κ1) is 20.5. The van der Waals surface area contributed by atoms with Gasteiger partial charge in [-0.15, -0.1) is 0 Å². The van der Waals surface area contributed by atoms with Gasteiger partial charge in [-0.2, -0.15) is 0 Å². The van der Waals surface area contributed by atoms with Gasteiger partial charge in [0.2, 0.25) is 0 Å². The molecule has 1 amide bonds. The van der Waals surface area contributed by atoms with E-state index in [2.05, 4.69) is 10.3 Å². The van der Waals surface area contributed by atoms with Gasteiger partial charge < -0.3 is 15.1 Å². The molecule has 2 aromatic carbocycles. The van der Waals surface area contributed by atoms with Crippen LogP contribution in [-0.2, 0) is 0 Å². The lowest BCUT2D eigenvalue weighted by Gasteiger charge is -2.22. The Morgan fingerprint density at radius 2 is 1.79 bits per heavy atom. The summed E-state index contributed by atoms with van der Waals surface area (Å²) < 4.78 is 0. The lowest BCUT2D eigenvalue weighted by molar-refractivity contribution is 0.0951. The summed E-state index contributed by atoms with van der Waals surface area (Å²) in [5.41, 5.74) is 3.46. The van der Waals surface area contributed by atoms with Gasteiger partial charge in [0.15, 0.2) is 5.82 Å². The Bertz CT molecular complexity index is 972. The zero-order valence-corrected chi connectivity index (χ0v) is 17.4. The molecule has 29 heavy (non-hydrogen) atoms. The quantitative estimate of drug-likeness (QED) is 0.670. The number of amides is 1. The van der Waals surface area contributed by atoms with E-state index in [1.165, 1.54) is 0 Å². The number of carbonyl (C=O) groups is 1. The minimum Gasteiger partial charge on any atom is -0.351 e. The number of anilines is 2. The number of carbonyl (C=O) groups excluding carboxylic acids is 1. The minimum atomic E-state index is -0.180. The topological polar surface area (TPSA) is 61.4 Å². The number of aromatic nitrogens is 2. The fourth-order valence-electron chi connectivity index (χ4n) is 2.97. The molecule has 0 saturated carbocycles. The molecule has 0 bridgehead atoms. The maximum absolute atomic E-state index is 12.8. The highest BCUT2D eigenvalue weighted by Crippen LogP contribution is 2.27. The molecule has 0 saturated heterocycles. The molecule has 0 unspecified atom stereocenters. The highest BCUT2D eigenvalue weighted by molar-refractivity contribution is 5.99. The van der Waals surface area contributed by atoms with E-state index in [1.54, 1.807) is 6.20 Å². The standard InChI is InChI=1S/C23H27N5O/c1-17-9-8-10-18(15-17)21-25-16-20(23(29)24-13-14-27(2)3)22(26-21)28(4)19-11-6-5-7-12-19/h5-12,15-16H,13-14H2,1-4H3,(H,24,29). The predicted molar refractivity (Wildman–Crippen MR) is 118 cm³/mol. The molecule has 0 atom stereocenters. The first-order valence-corrected chi connectivity index (χ1v) is 9.61. The lowest BCUT2D eigenvalue weighted by atomic mass is 10.1. The van der Waals surface area contributed by atoms with Crippen LogP contribution in [0, 0.1) is 6.92 Å². The smallest absolute Gasteiger partial charge is 0.256 e. The first-order chi connectivity index (χ1) is 14.0. The monoisotopic (exact) mass is 389 g/mol. The molecule has 6 heteroatoms. The highest BCUT2D eigenvalue weighted by Gasteiger charge is 2.19. The molecule has 1 heterocycles. The molecule has 1 aromatic heterocycles. The molecular weight excluding hydrogens is 362 g/mol. The lowest BCUT2D eigenvalue weighted by Crippen LogP contribution is -2.32. The van der Waals surface area contributed by atoms with Crippen LogP contribution in [0.3, 0.4) is 0 Å². The van der Waals surface area contributed by atoms with Crippen molar-refractivity contribution in [3.63, 3.8) is 0 Å². The van der Waals surface area contributed by atoms with Crippen LogP contribution in [0.4, 0.5) is 11.5 Å². The molecule has 6 nitrogen and oxygen atoms in total. The van der Waals surface area contributed by atoms with Gasteiger partial charge in [0, 0.05) is 37.6 Å². The predicted octanol–water partition coefficient (Wildman–Crippen LogP) is 3.51. The Morgan fingerprint density at radius 1 is 1.03 bits per heavy atom. The molecule has 0 aliphatic heterocycles. The Balaban J connectivity index is 1.99. The van der Waals surface area contributed by atoms with Crippen molar-refractivity contribution in [1.29, 1.82) is 0 Å². The van der Waals surface area contributed by atoms with E-state index in [0.717, 1.165) is 23.4 Å². The number of nitrogens with one attached hydrogen (secondary N) is 1. The molecule has 150 valence electrons. The van der Waals surface area contributed by atoms with Crippen LogP contribution in [0.5, 0.6) is 0 Å². The zero-order chi connectivity index (χ0) is 20.8. The number of nitrogens with zero attached hydrogens (tertiary/aromatic N) is 4. The zero-order valence-electron chi connectivity index (χ0n) is 17.4. The van der Waals surface area contributed by atoms with E-state index in [0.29, 0.717) is 23.8 Å². The number of hydrogen-bond acceptors (Lipinski definition) is 5. The fourth-order valence-corrected chi connectivity index (χ4v) is 2.97. The Hall–Kier alpha value is -3.25. The molecular formula is C23H27N5O. The summed E-state index contributed by atoms with van der Waals surface area (Å²) in [5, 5.41) is 2.96. The van der Waals surface area contributed by atoms with Gasteiger partial charge >= 0.3 is 0 Å². The van der Waals surface area contributed by atoms with Gasteiger partial charge in [0.1, 0.15) is 11.4 Å². The van der Waals surface area contributed by atoms with E-state index >= 15 is 0 Å². The second-order valence-corrected chi connectivity index (χ2v) is 7.25. The summed E-state index contributed by atoms with van der Waals surface area (Å²) in [4.78, 5) is 26.0. The van der Waals surface area contributed by atoms with Crippen molar-refractivity contribution < 1.29 is 4.79 Å². The molecule has 0 aliphatic rings. The Labute approximate surface area is 172 Å². The number of para-hydroxylation sites is 1. The fraction of sp³-hybridized carbons (Fsp3) is 0.261. The molecule has 0 fully saturated rings. The highest BCUT2D eigenvalue weighted by atomic mass is 16.1. The third-order valence-electron chi connectivity index (χ3n) is 4.60. The van der Waals surface area contributed by atoms with Gasteiger partial charge in [-0.1, -0.05) is 42.0 Å². The molecule has 3 rings (SSSR count). The van der Waals surface area contributed by atoms with E-state index < -0.39 is 0 Å². The number of rotatable bonds is 7. The third kappa shape index (κ3) is 5.18. The second-order valence-electron chi connectivity index (χ2n) is 7.25. The van der Waals surface area contributed by atoms with Crippen molar-refractivity contribution in [2.45, 2.75) is 6.92 Å². The second kappa shape index (κ2) is 9.30. The van der Waals surface area contributed by atoms with Crippen LogP contribution in [0.1, 0.15) is 15.9 Å². The van der Waals surface area contributed by atoms with Crippen molar-refractivity contribution in [3.8, 4) is 11.4 Å². The van der Waals surface area contributed by atoms with Gasteiger partial charge in [-0.25, -0.2) is 9.97 Å². The van der Waals surface area contributed by atoms with Crippen molar-refractivity contribution in [2.24, 2.45) is 0 Å². The summed E-state index contributed by atoms with van der Waals surface area (Å²) >= 11 is 0. The largest absolute Gasteiger partial charge is 0.351 e. The summed E-state index contributed by atoms with van der Waals surface area (Å²) in [6.45, 7) is 3.35. The molecule has 0 spiro atoms. The number of benzene rings is 2. The van der Waals surface area contributed by atoms with Crippen LogP contribution >= 0.6 is 0 Å². The van der Waals surface area contributed by atoms with E-state index in [-0.39, 0.29) is 5.91 Å². The van der Waals surface area contributed by atoms with Crippen LogP contribution in [0.25, 0.3) is 11.4 Å². The van der Waals surface area contributed by atoms with Gasteiger partial charge in [0.25, 0.3) is 5.91 Å². The van der Waals surface area contributed by atoms with Crippen molar-refractivity contribution in [1.82, 2.24) is 20.2 Å². The maximum Gasteiger partial charge on any atom is 0.256 e. The average Bonchev–Trinajstić information content (AvgIpc) is 2.73. The summed E-state index contributed by atoms with van der Waals surface area (Å²) in [6, 6.07) is 17.9. The van der Waals surface area contributed by atoms with Gasteiger partial charge in [-0.05, 0) is 39.2 Å². The number of hydrogen-bond donors (Lipinski definition) is 1. The van der Waals surface area contributed by atoms with Gasteiger partial charge in [-0.3, -0.25) is 4.79 Å². The summed E-state index contributed by atoms with van der Waals surface area (Å²) in [7, 11) is 5.86. The van der Waals surface area contributed by atoms with E-state index in [4.69, 9.17) is 4.98 Å². The van der Waals surface area contributed by atoms with Crippen LogP contribution < -0.4 is 10.2 Å². The number of likely N-dealkylation sites (N-methyl/N-ethyl adjacent to an activating group) is 1. The van der Waals surface area contributed by atoms with Gasteiger partial charge in [0.05, 0.1) is 0 Å². The normalized spacial score (nSPS) is 10.8. The summed E-state index contributed by atoms with van der Waals surface area (Å²) in [5.74, 6) is 0.988. The summed E-state index contributed by atoms with van der Waals surface area (Å²) in [6.07, 6.45) is 1.62. The molecule has 3 aromatic rings. The molecule has 0 aliphatic carbocycles. The van der Waals surface area contributed by atoms with Crippen molar-refractivity contribution in [2.75, 3.05) is 39.1 Å². The van der Waals surface area contributed by atoms with Crippen LogP contribution in [0.15, 0.2) is 60.8 Å². The first-order valence-electron chi connectivity index (χ1n) is 9.61. The molecule has 1 N–H and O–H groups in total. The molecule has 0 radical (unpaired) electrons. The van der Waals surface area contributed by atoms with Crippen LogP contribution in [0.2, 0.25) is 0 Å². The minimum absolute atomic E-state index is 0.180. The third-order valence-corrected chi connectivity index (χ3v) is 4.60. The Kier molecular flexibility index (Phi) is 6.57. The maximum atomic E-state index is 12.8.